The van der Waals surface area contributed by atoms with E-state index in [1.807, 2.05) is 0 Å². The molecule has 0 aromatic carbocycles. The van der Waals surface area contributed by atoms with Crippen molar-refractivity contribution in [3.8, 4) is 0 Å². The summed E-state index contributed by atoms with van der Waals surface area (Å²) in [5.41, 5.74) is 0. The van der Waals surface area contributed by atoms with Gasteiger partial charge in [-0.05, 0) is 50.4 Å². The van der Waals surface area contributed by atoms with Gasteiger partial charge in [-0.2, -0.15) is 0 Å². The summed E-state index contributed by atoms with van der Waals surface area (Å²) in [7, 11) is 1.41. The van der Waals surface area contributed by atoms with Gasteiger partial charge in [-0.1, -0.05) is 0 Å². The van der Waals surface area contributed by atoms with Crippen molar-refractivity contribution in [2.75, 3.05) is 13.7 Å². The van der Waals surface area contributed by atoms with Crippen LogP contribution in [0.3, 0.4) is 0 Å². The summed E-state index contributed by atoms with van der Waals surface area (Å²) in [5, 5.41) is 0. The Labute approximate surface area is 108 Å². The van der Waals surface area contributed by atoms with Crippen molar-refractivity contribution in [3.05, 3.63) is 0 Å². The molecule has 100 valence electrons. The van der Waals surface area contributed by atoms with Crippen LogP contribution >= 0.6 is 0 Å². The number of rotatable bonds is 2. The lowest BCUT2D eigenvalue weighted by Crippen LogP contribution is -2.50. The molecule has 0 spiro atoms. The van der Waals surface area contributed by atoms with Gasteiger partial charge in [-0.25, -0.2) is 4.79 Å². The third-order valence-electron chi connectivity index (χ3n) is 4.85. The van der Waals surface area contributed by atoms with Crippen molar-refractivity contribution in [2.45, 2.75) is 44.6 Å². The van der Waals surface area contributed by atoms with Crippen LogP contribution in [0.5, 0.6) is 0 Å². The van der Waals surface area contributed by atoms with Crippen molar-refractivity contribution in [3.63, 3.8) is 0 Å². The van der Waals surface area contributed by atoms with E-state index in [-0.39, 0.29) is 23.8 Å². The highest BCUT2D eigenvalue weighted by Crippen LogP contribution is 2.54. The van der Waals surface area contributed by atoms with E-state index in [0.29, 0.717) is 0 Å². The second-order valence-corrected chi connectivity index (χ2v) is 5.99. The highest BCUT2D eigenvalue weighted by Gasteiger charge is 2.49. The molecule has 0 aromatic heterocycles. The van der Waals surface area contributed by atoms with Gasteiger partial charge in [0.25, 0.3) is 0 Å². The minimum Gasteiger partial charge on any atom is -0.467 e. The number of ether oxygens (including phenoxy) is 1. The summed E-state index contributed by atoms with van der Waals surface area (Å²) in [6.07, 6.45) is 6.21. The van der Waals surface area contributed by atoms with Gasteiger partial charge < -0.3 is 9.64 Å². The van der Waals surface area contributed by atoms with Gasteiger partial charge in [-0.3, -0.25) is 4.79 Å². The Morgan fingerprint density at radius 2 is 1.83 bits per heavy atom. The average molecular weight is 251 g/mol. The van der Waals surface area contributed by atoms with Gasteiger partial charge in [0, 0.05) is 12.5 Å². The van der Waals surface area contributed by atoms with E-state index in [1.165, 1.54) is 13.5 Å². The Morgan fingerprint density at radius 3 is 2.50 bits per heavy atom. The van der Waals surface area contributed by atoms with E-state index in [2.05, 4.69) is 0 Å². The standard InChI is InChI=1S/C14H21NO3/c1-18-14(17)12-4-2-3-5-15(12)13(16)11-7-9-6-10(9)8-11/h9-12H,2-8H2,1H3/t9?,10?,11?,12-/m1/s1. The van der Waals surface area contributed by atoms with Crippen molar-refractivity contribution in [2.24, 2.45) is 17.8 Å². The average Bonchev–Trinajstić information content (AvgIpc) is 3.03. The molecule has 2 saturated carbocycles. The lowest BCUT2D eigenvalue weighted by molar-refractivity contribution is -0.156. The summed E-state index contributed by atoms with van der Waals surface area (Å²) in [4.78, 5) is 26.1. The monoisotopic (exact) mass is 251 g/mol. The first-order valence-electron chi connectivity index (χ1n) is 7.09. The molecule has 18 heavy (non-hydrogen) atoms. The maximum atomic E-state index is 12.5. The molecule has 4 heteroatoms. The van der Waals surface area contributed by atoms with E-state index in [0.717, 1.165) is 50.5 Å². The number of fused-ring (bicyclic) bond motifs is 1. The molecule has 3 rings (SSSR count). The summed E-state index contributed by atoms with van der Waals surface area (Å²) in [5.74, 6) is 1.75. The Kier molecular flexibility index (Phi) is 3.04. The van der Waals surface area contributed by atoms with E-state index >= 15 is 0 Å². The normalized spacial score (nSPS) is 38.2. The lowest BCUT2D eigenvalue weighted by atomic mass is 9.96. The fourth-order valence-corrected chi connectivity index (χ4v) is 3.73. The smallest absolute Gasteiger partial charge is 0.328 e. The largest absolute Gasteiger partial charge is 0.467 e. The van der Waals surface area contributed by atoms with Crippen LogP contribution in [0.1, 0.15) is 38.5 Å². The van der Waals surface area contributed by atoms with Gasteiger partial charge in [-0.15, -0.1) is 0 Å². The van der Waals surface area contributed by atoms with Gasteiger partial charge in [0.2, 0.25) is 5.91 Å². The molecule has 1 amide bonds. The van der Waals surface area contributed by atoms with Gasteiger partial charge >= 0.3 is 5.97 Å². The lowest BCUT2D eigenvalue weighted by Gasteiger charge is -2.35. The molecule has 2 aliphatic carbocycles. The molecule has 0 N–H and O–H groups in total. The Bertz CT molecular complexity index is 358. The predicted octanol–water partition coefficient (Wildman–Crippen LogP) is 1.59. The maximum Gasteiger partial charge on any atom is 0.328 e. The fourth-order valence-electron chi connectivity index (χ4n) is 3.73. The number of esters is 1. The molecule has 3 aliphatic rings. The Balaban J connectivity index is 1.67. The van der Waals surface area contributed by atoms with Crippen molar-refractivity contribution in [1.29, 1.82) is 0 Å². The minimum absolute atomic E-state index is 0.180. The zero-order chi connectivity index (χ0) is 12.7. The minimum atomic E-state index is -0.326. The van der Waals surface area contributed by atoms with Crippen molar-refractivity contribution in [1.82, 2.24) is 4.90 Å². The molecule has 3 fully saturated rings. The highest BCUT2D eigenvalue weighted by atomic mass is 16.5. The molecule has 3 atom stereocenters. The van der Waals surface area contributed by atoms with Crippen molar-refractivity contribution >= 4 is 11.9 Å². The predicted molar refractivity (Wildman–Crippen MR) is 65.7 cm³/mol. The highest BCUT2D eigenvalue weighted by molar-refractivity contribution is 5.86. The summed E-state index contributed by atoms with van der Waals surface area (Å²) < 4.78 is 4.83. The fraction of sp³-hybridized carbons (Fsp3) is 0.857. The number of methoxy groups -OCH3 is 1. The zero-order valence-corrected chi connectivity index (χ0v) is 10.9. The van der Waals surface area contributed by atoms with Gasteiger partial charge in [0.15, 0.2) is 0 Å². The summed E-state index contributed by atoms with van der Waals surface area (Å²) >= 11 is 0. The van der Waals surface area contributed by atoms with Crippen LogP contribution in [0.4, 0.5) is 0 Å². The molecule has 1 aliphatic heterocycles. The van der Waals surface area contributed by atoms with Crippen LogP contribution in [0.25, 0.3) is 0 Å². The Morgan fingerprint density at radius 1 is 1.11 bits per heavy atom. The summed E-state index contributed by atoms with van der Waals surface area (Å²) in [6.45, 7) is 0.727. The van der Waals surface area contributed by atoms with Crippen LogP contribution in [0.15, 0.2) is 0 Å². The third-order valence-corrected chi connectivity index (χ3v) is 4.85. The number of amides is 1. The zero-order valence-electron chi connectivity index (χ0n) is 10.9. The van der Waals surface area contributed by atoms with Gasteiger partial charge in [0.05, 0.1) is 7.11 Å². The number of likely N-dealkylation sites (tertiary alicyclic amines) is 1. The molecule has 1 saturated heterocycles. The topological polar surface area (TPSA) is 46.6 Å². The molecule has 2 unspecified atom stereocenters. The van der Waals surface area contributed by atoms with Crippen LogP contribution < -0.4 is 0 Å². The van der Waals surface area contributed by atoms with Crippen LogP contribution in [-0.2, 0) is 14.3 Å². The number of carbonyl (C=O) groups is 2. The molecule has 4 nitrogen and oxygen atoms in total. The SMILES string of the molecule is COC(=O)[C@H]1CCCCN1C(=O)C1CC2CC2C1. The third kappa shape index (κ3) is 2.02. The van der Waals surface area contributed by atoms with Crippen LogP contribution in [-0.4, -0.2) is 36.5 Å². The van der Waals surface area contributed by atoms with E-state index < -0.39 is 0 Å². The first kappa shape index (κ1) is 12.0. The number of piperidine rings is 1. The van der Waals surface area contributed by atoms with E-state index in [9.17, 15) is 9.59 Å². The number of hydrogen-bond acceptors (Lipinski definition) is 3. The first-order chi connectivity index (χ1) is 8.70. The van der Waals surface area contributed by atoms with Crippen molar-refractivity contribution < 1.29 is 14.3 Å². The number of carbonyl (C=O) groups excluding carboxylic acids is 2. The second-order valence-electron chi connectivity index (χ2n) is 5.99. The Hall–Kier alpha value is -1.06. The molecule has 0 aromatic rings. The maximum absolute atomic E-state index is 12.5. The number of nitrogens with zero attached hydrogens (tertiary/aromatic N) is 1. The molecule has 1 heterocycles. The quantitative estimate of drug-likeness (QED) is 0.700. The second kappa shape index (κ2) is 4.56. The first-order valence-corrected chi connectivity index (χ1v) is 7.09. The van der Waals surface area contributed by atoms with E-state index in [4.69, 9.17) is 4.74 Å². The molecular weight excluding hydrogens is 230 g/mol. The van der Waals surface area contributed by atoms with Crippen LogP contribution in [0.2, 0.25) is 0 Å². The van der Waals surface area contributed by atoms with E-state index in [1.54, 1.807) is 4.90 Å². The van der Waals surface area contributed by atoms with Crippen LogP contribution in [0, 0.1) is 17.8 Å². The number of hydrogen-bond donors (Lipinski definition) is 0. The molecular formula is C14H21NO3. The molecule has 0 radical (unpaired) electrons. The summed E-state index contributed by atoms with van der Waals surface area (Å²) in [6, 6.07) is -0.326. The molecule has 0 bridgehead atoms. The van der Waals surface area contributed by atoms with Gasteiger partial charge in [0.1, 0.15) is 6.04 Å².